The molecule has 0 aliphatic heterocycles. The van der Waals surface area contributed by atoms with Gasteiger partial charge in [-0.25, -0.2) is 4.79 Å². The lowest BCUT2D eigenvalue weighted by atomic mass is 10.2. The van der Waals surface area contributed by atoms with Crippen LogP contribution < -0.4 is 5.32 Å². The topological polar surface area (TPSA) is 62.5 Å². The Hall–Kier alpha value is -0.940. The molecule has 1 heterocycles. The van der Waals surface area contributed by atoms with Gasteiger partial charge in [-0.1, -0.05) is 0 Å². The molecule has 0 aliphatic carbocycles. The number of carboxylic acid groups (broad SMARTS) is 1. The van der Waals surface area contributed by atoms with Crippen LogP contribution in [0.3, 0.4) is 0 Å². The molecule has 1 aromatic rings. The van der Waals surface area contributed by atoms with E-state index in [-0.39, 0.29) is 5.76 Å². The van der Waals surface area contributed by atoms with E-state index in [1.807, 2.05) is 0 Å². The Morgan fingerprint density at radius 3 is 3.13 bits per heavy atom. The number of hydrogen-bond acceptors (Lipinski definition) is 4. The van der Waals surface area contributed by atoms with E-state index >= 15 is 0 Å². The molecule has 0 amide bonds. The van der Waals surface area contributed by atoms with Gasteiger partial charge in [0.15, 0.2) is 0 Å². The lowest BCUT2D eigenvalue weighted by Gasteiger charge is -2.02. The van der Waals surface area contributed by atoms with E-state index in [2.05, 4.69) is 11.6 Å². The maximum Gasteiger partial charge on any atom is 0.372 e. The van der Waals surface area contributed by atoms with Crippen molar-refractivity contribution >= 4 is 17.7 Å². The molecule has 2 N–H and O–H groups in total. The Bertz CT molecular complexity index is 311. The maximum atomic E-state index is 10.7. The molecule has 0 atom stereocenters. The van der Waals surface area contributed by atoms with Crippen LogP contribution in [0.5, 0.6) is 0 Å². The highest BCUT2D eigenvalue weighted by molar-refractivity contribution is 7.98. The standard InChI is InChI=1S/C10H15NO3S/c1-15-6-2-4-11-7-8-3-5-14-9(8)10(12)13/h3,5,11H,2,4,6-7H2,1H3,(H,12,13). The summed E-state index contributed by atoms with van der Waals surface area (Å²) < 4.78 is 4.86. The molecule has 0 radical (unpaired) electrons. The molecule has 0 spiro atoms. The van der Waals surface area contributed by atoms with Gasteiger partial charge < -0.3 is 14.8 Å². The van der Waals surface area contributed by atoms with Crippen LogP contribution >= 0.6 is 11.8 Å². The third-order valence-corrected chi connectivity index (χ3v) is 2.66. The van der Waals surface area contributed by atoms with Crippen LogP contribution in [0.4, 0.5) is 0 Å². The predicted octanol–water partition coefficient (Wildman–Crippen LogP) is 1.82. The zero-order valence-electron chi connectivity index (χ0n) is 8.66. The van der Waals surface area contributed by atoms with Gasteiger partial charge in [-0.2, -0.15) is 11.8 Å². The zero-order valence-corrected chi connectivity index (χ0v) is 9.47. The van der Waals surface area contributed by atoms with Crippen molar-refractivity contribution in [2.75, 3.05) is 18.6 Å². The summed E-state index contributed by atoms with van der Waals surface area (Å²) in [5, 5.41) is 12.0. The van der Waals surface area contributed by atoms with Crippen LogP contribution in [-0.4, -0.2) is 29.6 Å². The number of thioether (sulfide) groups is 1. The minimum Gasteiger partial charge on any atom is -0.475 e. The molecule has 0 fully saturated rings. The summed E-state index contributed by atoms with van der Waals surface area (Å²) in [5.41, 5.74) is 0.701. The number of carbonyl (C=O) groups is 1. The van der Waals surface area contributed by atoms with Gasteiger partial charge in [0.1, 0.15) is 0 Å². The van der Waals surface area contributed by atoms with E-state index < -0.39 is 5.97 Å². The lowest BCUT2D eigenvalue weighted by molar-refractivity contribution is 0.0660. The smallest absolute Gasteiger partial charge is 0.372 e. The van der Waals surface area contributed by atoms with Crippen molar-refractivity contribution in [1.82, 2.24) is 5.32 Å². The van der Waals surface area contributed by atoms with E-state index in [0.29, 0.717) is 12.1 Å². The molecule has 84 valence electrons. The second-order valence-electron chi connectivity index (χ2n) is 3.10. The first-order chi connectivity index (χ1) is 7.25. The Kier molecular flexibility index (Phi) is 5.28. The van der Waals surface area contributed by atoms with Gasteiger partial charge in [-0.05, 0) is 31.0 Å². The summed E-state index contributed by atoms with van der Waals surface area (Å²) in [6.45, 7) is 1.44. The van der Waals surface area contributed by atoms with Crippen molar-refractivity contribution in [3.63, 3.8) is 0 Å². The molecule has 0 unspecified atom stereocenters. The van der Waals surface area contributed by atoms with E-state index in [1.54, 1.807) is 17.8 Å². The van der Waals surface area contributed by atoms with Crippen LogP contribution in [0, 0.1) is 0 Å². The Morgan fingerprint density at radius 1 is 1.67 bits per heavy atom. The minimum absolute atomic E-state index is 0.0346. The van der Waals surface area contributed by atoms with E-state index in [4.69, 9.17) is 9.52 Å². The van der Waals surface area contributed by atoms with E-state index in [1.165, 1.54) is 6.26 Å². The summed E-state index contributed by atoms with van der Waals surface area (Å²) in [6, 6.07) is 1.69. The second kappa shape index (κ2) is 6.53. The molecule has 0 saturated heterocycles. The minimum atomic E-state index is -1.01. The van der Waals surface area contributed by atoms with Gasteiger partial charge in [-0.15, -0.1) is 0 Å². The Morgan fingerprint density at radius 2 is 2.47 bits per heavy atom. The van der Waals surface area contributed by atoms with Crippen molar-refractivity contribution in [2.24, 2.45) is 0 Å². The van der Waals surface area contributed by atoms with Crippen molar-refractivity contribution in [3.05, 3.63) is 23.7 Å². The Balaban J connectivity index is 2.31. The van der Waals surface area contributed by atoms with Crippen LogP contribution in [0.25, 0.3) is 0 Å². The maximum absolute atomic E-state index is 10.7. The Labute approximate surface area is 93.0 Å². The highest BCUT2D eigenvalue weighted by Crippen LogP contribution is 2.09. The van der Waals surface area contributed by atoms with Gasteiger partial charge in [0.05, 0.1) is 6.26 Å². The summed E-state index contributed by atoms with van der Waals surface area (Å²) in [7, 11) is 0. The molecule has 15 heavy (non-hydrogen) atoms. The molecule has 1 rings (SSSR count). The number of aromatic carboxylic acids is 1. The number of hydrogen-bond donors (Lipinski definition) is 2. The molecule has 0 saturated carbocycles. The van der Waals surface area contributed by atoms with Crippen LogP contribution in [0.2, 0.25) is 0 Å². The largest absolute Gasteiger partial charge is 0.475 e. The molecule has 1 aromatic heterocycles. The first kappa shape index (κ1) is 12.1. The van der Waals surface area contributed by atoms with Gasteiger partial charge >= 0.3 is 5.97 Å². The summed E-state index contributed by atoms with van der Waals surface area (Å²) >= 11 is 1.80. The second-order valence-corrected chi connectivity index (χ2v) is 4.09. The first-order valence-electron chi connectivity index (χ1n) is 4.75. The third-order valence-electron chi connectivity index (χ3n) is 1.96. The van der Waals surface area contributed by atoms with Gasteiger partial charge in [-0.3, -0.25) is 0 Å². The molecular weight excluding hydrogens is 214 g/mol. The van der Waals surface area contributed by atoms with Gasteiger partial charge in [0.2, 0.25) is 5.76 Å². The van der Waals surface area contributed by atoms with E-state index in [9.17, 15) is 4.79 Å². The summed E-state index contributed by atoms with van der Waals surface area (Å²) in [5.74, 6) is 0.137. The SMILES string of the molecule is CSCCCNCc1ccoc1C(=O)O. The normalized spacial score (nSPS) is 10.5. The highest BCUT2D eigenvalue weighted by Gasteiger charge is 2.12. The molecule has 0 bridgehead atoms. The molecule has 0 aromatic carbocycles. The average molecular weight is 229 g/mol. The molecule has 5 heteroatoms. The predicted molar refractivity (Wildman–Crippen MR) is 60.4 cm³/mol. The van der Waals surface area contributed by atoms with E-state index in [0.717, 1.165) is 18.7 Å². The lowest BCUT2D eigenvalue weighted by Crippen LogP contribution is -2.16. The third kappa shape index (κ3) is 3.97. The summed E-state index contributed by atoms with van der Waals surface area (Å²) in [4.78, 5) is 10.7. The van der Waals surface area contributed by atoms with Gasteiger partial charge in [0.25, 0.3) is 0 Å². The van der Waals surface area contributed by atoms with Crippen LogP contribution in [0.15, 0.2) is 16.7 Å². The first-order valence-corrected chi connectivity index (χ1v) is 6.14. The fraction of sp³-hybridized carbons (Fsp3) is 0.500. The number of carboxylic acids is 1. The van der Waals surface area contributed by atoms with Crippen LogP contribution in [0.1, 0.15) is 22.5 Å². The van der Waals surface area contributed by atoms with Crippen LogP contribution in [-0.2, 0) is 6.54 Å². The van der Waals surface area contributed by atoms with Crippen molar-refractivity contribution in [3.8, 4) is 0 Å². The number of nitrogens with one attached hydrogen (secondary N) is 1. The summed E-state index contributed by atoms with van der Waals surface area (Å²) in [6.07, 6.45) is 4.56. The highest BCUT2D eigenvalue weighted by atomic mass is 32.2. The fourth-order valence-electron chi connectivity index (χ4n) is 1.23. The zero-order chi connectivity index (χ0) is 11.1. The average Bonchev–Trinajstić information content (AvgIpc) is 2.66. The monoisotopic (exact) mass is 229 g/mol. The molecule has 4 nitrogen and oxygen atoms in total. The number of furan rings is 1. The number of rotatable bonds is 7. The molecular formula is C10H15NO3S. The quantitative estimate of drug-likeness (QED) is 0.698. The fourth-order valence-corrected chi connectivity index (χ4v) is 1.66. The van der Waals surface area contributed by atoms with Crippen molar-refractivity contribution < 1.29 is 14.3 Å². The van der Waals surface area contributed by atoms with Crippen molar-refractivity contribution in [1.29, 1.82) is 0 Å². The molecule has 0 aliphatic rings. The van der Waals surface area contributed by atoms with Crippen molar-refractivity contribution in [2.45, 2.75) is 13.0 Å². The van der Waals surface area contributed by atoms with Gasteiger partial charge in [0, 0.05) is 12.1 Å².